The summed E-state index contributed by atoms with van der Waals surface area (Å²) in [5, 5.41) is 4.44. The summed E-state index contributed by atoms with van der Waals surface area (Å²) in [5.74, 6) is 0.197. The number of furan rings is 1. The summed E-state index contributed by atoms with van der Waals surface area (Å²) in [6.45, 7) is 4.12. The van der Waals surface area contributed by atoms with Crippen LogP contribution in [0.1, 0.15) is 12.0 Å². The Bertz CT molecular complexity index is 602. The van der Waals surface area contributed by atoms with Crippen LogP contribution < -0.4 is 5.32 Å². The quantitative estimate of drug-likeness (QED) is 0.852. The first-order chi connectivity index (χ1) is 10.3. The number of para-hydroxylation sites is 1. The molecule has 1 aliphatic rings. The Morgan fingerprint density at radius 3 is 2.90 bits per heavy atom. The van der Waals surface area contributed by atoms with Crippen molar-refractivity contribution >= 4 is 16.9 Å². The van der Waals surface area contributed by atoms with E-state index in [9.17, 15) is 4.79 Å². The number of rotatable bonds is 5. The van der Waals surface area contributed by atoms with Gasteiger partial charge in [0.05, 0.1) is 19.5 Å². The van der Waals surface area contributed by atoms with Crippen LogP contribution in [0.2, 0.25) is 0 Å². The van der Waals surface area contributed by atoms with E-state index in [4.69, 9.17) is 9.15 Å². The third-order valence-electron chi connectivity index (χ3n) is 3.76. The van der Waals surface area contributed by atoms with Crippen LogP contribution >= 0.6 is 0 Å². The van der Waals surface area contributed by atoms with E-state index >= 15 is 0 Å². The number of hydrogen-bond acceptors (Lipinski definition) is 4. The van der Waals surface area contributed by atoms with Crippen LogP contribution in [0, 0.1) is 0 Å². The van der Waals surface area contributed by atoms with Crippen molar-refractivity contribution in [3.63, 3.8) is 0 Å². The van der Waals surface area contributed by atoms with Gasteiger partial charge in [-0.1, -0.05) is 18.2 Å². The van der Waals surface area contributed by atoms with Gasteiger partial charge in [-0.25, -0.2) is 0 Å². The molecule has 2 heterocycles. The van der Waals surface area contributed by atoms with Crippen LogP contribution in [0.3, 0.4) is 0 Å². The molecule has 0 bridgehead atoms. The van der Waals surface area contributed by atoms with E-state index in [0.29, 0.717) is 45.8 Å². The highest BCUT2D eigenvalue weighted by molar-refractivity contribution is 5.80. The smallest absolute Gasteiger partial charge is 0.224 e. The molecular weight excluding hydrogens is 268 g/mol. The fourth-order valence-corrected chi connectivity index (χ4v) is 2.56. The minimum atomic E-state index is 0.197. The number of carbonyl (C=O) groups excluding carboxylic acids is 1. The van der Waals surface area contributed by atoms with E-state index in [2.05, 4.69) is 11.4 Å². The fraction of sp³-hybridized carbons (Fsp3) is 0.438. The van der Waals surface area contributed by atoms with Gasteiger partial charge < -0.3 is 19.4 Å². The van der Waals surface area contributed by atoms with E-state index < -0.39 is 0 Å². The molecule has 1 amide bonds. The van der Waals surface area contributed by atoms with E-state index in [-0.39, 0.29) is 5.91 Å². The van der Waals surface area contributed by atoms with Gasteiger partial charge in [0.25, 0.3) is 0 Å². The summed E-state index contributed by atoms with van der Waals surface area (Å²) in [6, 6.07) is 7.98. The van der Waals surface area contributed by atoms with E-state index in [1.165, 1.54) is 0 Å². The topological polar surface area (TPSA) is 54.7 Å². The van der Waals surface area contributed by atoms with Crippen molar-refractivity contribution in [1.82, 2.24) is 10.2 Å². The summed E-state index contributed by atoms with van der Waals surface area (Å²) < 4.78 is 10.7. The Hall–Kier alpha value is -1.85. The zero-order valence-corrected chi connectivity index (χ0v) is 12.0. The van der Waals surface area contributed by atoms with Crippen LogP contribution in [-0.2, 0) is 16.1 Å². The second-order valence-electron chi connectivity index (χ2n) is 5.18. The van der Waals surface area contributed by atoms with Gasteiger partial charge in [0.15, 0.2) is 0 Å². The second kappa shape index (κ2) is 6.74. The van der Waals surface area contributed by atoms with Crippen LogP contribution in [0.5, 0.6) is 0 Å². The lowest BCUT2D eigenvalue weighted by Gasteiger charge is -2.26. The average molecular weight is 288 g/mol. The third-order valence-corrected chi connectivity index (χ3v) is 3.76. The molecule has 0 saturated carbocycles. The second-order valence-corrected chi connectivity index (χ2v) is 5.18. The van der Waals surface area contributed by atoms with Gasteiger partial charge in [0.2, 0.25) is 5.91 Å². The molecule has 0 atom stereocenters. The molecule has 5 heteroatoms. The molecular formula is C16H20N2O3. The number of amides is 1. The Labute approximate surface area is 123 Å². The minimum absolute atomic E-state index is 0.197. The number of benzene rings is 1. The highest BCUT2D eigenvalue weighted by Gasteiger charge is 2.16. The van der Waals surface area contributed by atoms with Crippen molar-refractivity contribution in [3.8, 4) is 0 Å². The number of carbonyl (C=O) groups is 1. The molecule has 3 rings (SSSR count). The Morgan fingerprint density at radius 1 is 1.24 bits per heavy atom. The predicted molar refractivity (Wildman–Crippen MR) is 79.9 cm³/mol. The normalized spacial score (nSPS) is 15.5. The minimum Gasteiger partial charge on any atom is -0.464 e. The average Bonchev–Trinajstić information content (AvgIpc) is 2.95. The van der Waals surface area contributed by atoms with Crippen molar-refractivity contribution in [2.24, 2.45) is 0 Å². The van der Waals surface area contributed by atoms with Gasteiger partial charge in [-0.3, -0.25) is 4.79 Å². The first-order valence-electron chi connectivity index (χ1n) is 7.36. The lowest BCUT2D eigenvalue weighted by atomic mass is 10.2. The lowest BCUT2D eigenvalue weighted by molar-refractivity contribution is -0.135. The molecule has 2 aromatic rings. The molecule has 5 nitrogen and oxygen atoms in total. The first-order valence-corrected chi connectivity index (χ1v) is 7.36. The van der Waals surface area contributed by atoms with Crippen molar-refractivity contribution in [2.45, 2.75) is 13.0 Å². The summed E-state index contributed by atoms with van der Waals surface area (Å²) in [6.07, 6.45) is 2.30. The predicted octanol–water partition coefficient (Wildman–Crippen LogP) is 1.77. The third kappa shape index (κ3) is 3.43. The highest BCUT2D eigenvalue weighted by atomic mass is 16.5. The van der Waals surface area contributed by atoms with Crippen molar-refractivity contribution in [1.29, 1.82) is 0 Å². The lowest BCUT2D eigenvalue weighted by Crippen LogP contribution is -2.41. The number of nitrogens with zero attached hydrogens (tertiary/aromatic N) is 1. The maximum absolute atomic E-state index is 12.0. The number of fused-ring (bicyclic) bond motifs is 1. The van der Waals surface area contributed by atoms with Gasteiger partial charge in [-0.05, 0) is 6.07 Å². The van der Waals surface area contributed by atoms with Crippen LogP contribution in [-0.4, -0.2) is 43.7 Å². The van der Waals surface area contributed by atoms with E-state index in [0.717, 1.165) is 16.5 Å². The highest BCUT2D eigenvalue weighted by Crippen LogP contribution is 2.20. The molecule has 1 saturated heterocycles. The Kier molecular flexibility index (Phi) is 4.52. The molecule has 0 spiro atoms. The maximum atomic E-state index is 12.0. The molecule has 1 aliphatic heterocycles. The SMILES string of the molecule is O=C(CCNCc1coc2ccccc12)N1CCOCC1. The molecule has 21 heavy (non-hydrogen) atoms. The summed E-state index contributed by atoms with van der Waals surface area (Å²) in [5.41, 5.74) is 2.03. The molecule has 0 unspecified atom stereocenters. The standard InChI is InChI=1S/C16H20N2O3/c19-16(18-7-9-20-10-8-18)5-6-17-11-13-12-21-15-4-2-1-3-14(13)15/h1-4,12,17H,5-11H2. The molecule has 1 aromatic carbocycles. The van der Waals surface area contributed by atoms with Gasteiger partial charge in [-0.2, -0.15) is 0 Å². The Morgan fingerprint density at radius 2 is 2.05 bits per heavy atom. The van der Waals surface area contributed by atoms with Crippen molar-refractivity contribution in [3.05, 3.63) is 36.1 Å². The Balaban J connectivity index is 1.44. The maximum Gasteiger partial charge on any atom is 0.224 e. The number of nitrogens with one attached hydrogen (secondary N) is 1. The first kappa shape index (κ1) is 14.1. The van der Waals surface area contributed by atoms with E-state index in [1.54, 1.807) is 6.26 Å². The van der Waals surface area contributed by atoms with Gasteiger partial charge >= 0.3 is 0 Å². The van der Waals surface area contributed by atoms with Gasteiger partial charge in [0, 0.05) is 43.5 Å². The van der Waals surface area contributed by atoms with Crippen molar-refractivity contribution < 1.29 is 13.9 Å². The molecule has 112 valence electrons. The van der Waals surface area contributed by atoms with Gasteiger partial charge in [-0.15, -0.1) is 0 Å². The largest absolute Gasteiger partial charge is 0.464 e. The number of morpholine rings is 1. The monoisotopic (exact) mass is 288 g/mol. The van der Waals surface area contributed by atoms with Crippen molar-refractivity contribution in [2.75, 3.05) is 32.8 Å². The molecule has 1 aromatic heterocycles. The zero-order chi connectivity index (χ0) is 14.5. The molecule has 1 N–H and O–H groups in total. The van der Waals surface area contributed by atoms with Crippen LogP contribution in [0.15, 0.2) is 34.9 Å². The van der Waals surface area contributed by atoms with Crippen LogP contribution in [0.4, 0.5) is 0 Å². The number of ether oxygens (including phenoxy) is 1. The molecule has 1 fully saturated rings. The molecule has 0 aliphatic carbocycles. The summed E-state index contributed by atoms with van der Waals surface area (Å²) in [7, 11) is 0. The van der Waals surface area contributed by atoms with E-state index in [1.807, 2.05) is 23.1 Å². The molecule has 0 radical (unpaired) electrons. The summed E-state index contributed by atoms with van der Waals surface area (Å²) in [4.78, 5) is 13.9. The van der Waals surface area contributed by atoms with Crippen LogP contribution in [0.25, 0.3) is 11.0 Å². The van der Waals surface area contributed by atoms with Gasteiger partial charge in [0.1, 0.15) is 5.58 Å². The zero-order valence-electron chi connectivity index (χ0n) is 12.0. The summed E-state index contributed by atoms with van der Waals surface area (Å²) >= 11 is 0. The number of hydrogen-bond donors (Lipinski definition) is 1. The fourth-order valence-electron chi connectivity index (χ4n) is 2.56.